The number of hydrogen-bond acceptors (Lipinski definition) is 3. The SMILES string of the molecule is COc1cc(C(Cc2ccccc2)(NC(=O)c2cccc(C(F)(F)F)c2)c2cc(F)cc(OC(F)(F)C(F)F)c2)ccc1F. The highest BCUT2D eigenvalue weighted by Crippen LogP contribution is 2.40. The van der Waals surface area contributed by atoms with Gasteiger partial charge < -0.3 is 14.8 Å². The van der Waals surface area contributed by atoms with Gasteiger partial charge in [0.25, 0.3) is 5.91 Å². The Morgan fingerprint density at radius 1 is 0.795 bits per heavy atom. The van der Waals surface area contributed by atoms with Crippen LogP contribution >= 0.6 is 0 Å². The van der Waals surface area contributed by atoms with Crippen molar-refractivity contribution in [1.29, 1.82) is 0 Å². The molecule has 0 aliphatic carbocycles. The Bertz CT molecular complexity index is 1630. The van der Waals surface area contributed by atoms with Crippen LogP contribution in [0.25, 0.3) is 0 Å². The quantitative estimate of drug-likeness (QED) is 0.181. The lowest BCUT2D eigenvalue weighted by atomic mass is 9.77. The van der Waals surface area contributed by atoms with Gasteiger partial charge in [-0.1, -0.05) is 42.5 Å². The van der Waals surface area contributed by atoms with E-state index in [2.05, 4.69) is 10.1 Å². The zero-order chi connectivity index (χ0) is 32.3. The summed E-state index contributed by atoms with van der Waals surface area (Å²) < 4.78 is 133. The van der Waals surface area contributed by atoms with E-state index >= 15 is 4.39 Å². The fourth-order valence-electron chi connectivity index (χ4n) is 4.56. The molecular weight excluding hydrogens is 605 g/mol. The van der Waals surface area contributed by atoms with Gasteiger partial charge in [0.05, 0.1) is 18.2 Å². The first kappa shape index (κ1) is 32.2. The lowest BCUT2D eigenvalue weighted by molar-refractivity contribution is -0.253. The first-order valence-electron chi connectivity index (χ1n) is 12.7. The fourth-order valence-corrected chi connectivity index (χ4v) is 4.56. The van der Waals surface area contributed by atoms with Gasteiger partial charge >= 0.3 is 18.7 Å². The van der Waals surface area contributed by atoms with Gasteiger partial charge in [-0.15, -0.1) is 0 Å². The second-order valence-corrected chi connectivity index (χ2v) is 9.59. The third kappa shape index (κ3) is 7.09. The van der Waals surface area contributed by atoms with E-state index in [1.165, 1.54) is 0 Å². The highest BCUT2D eigenvalue weighted by atomic mass is 19.4. The Hall–Kier alpha value is -4.68. The normalized spacial score (nSPS) is 13.3. The van der Waals surface area contributed by atoms with Crippen molar-refractivity contribution in [3.8, 4) is 11.5 Å². The van der Waals surface area contributed by atoms with E-state index in [1.807, 2.05) is 0 Å². The topological polar surface area (TPSA) is 47.6 Å². The van der Waals surface area contributed by atoms with E-state index < -0.39 is 58.7 Å². The van der Waals surface area contributed by atoms with E-state index in [4.69, 9.17) is 4.74 Å². The number of carbonyl (C=O) groups is 1. The Morgan fingerprint density at radius 2 is 1.50 bits per heavy atom. The summed E-state index contributed by atoms with van der Waals surface area (Å²) in [6.45, 7) is 0. The molecule has 0 heterocycles. The van der Waals surface area contributed by atoms with Crippen LogP contribution in [-0.4, -0.2) is 25.6 Å². The largest absolute Gasteiger partial charge is 0.494 e. The number of nitrogens with one attached hydrogen (secondary N) is 1. The van der Waals surface area contributed by atoms with Crippen LogP contribution in [0.3, 0.4) is 0 Å². The van der Waals surface area contributed by atoms with Crippen molar-refractivity contribution in [3.05, 3.63) is 130 Å². The van der Waals surface area contributed by atoms with Gasteiger partial charge in [0.15, 0.2) is 11.6 Å². The monoisotopic (exact) mass is 627 g/mol. The molecule has 4 aromatic rings. The van der Waals surface area contributed by atoms with Crippen LogP contribution in [0.5, 0.6) is 11.5 Å². The number of hydrogen-bond donors (Lipinski definition) is 1. The maximum atomic E-state index is 15.0. The highest BCUT2D eigenvalue weighted by molar-refractivity contribution is 5.95. The molecule has 4 rings (SSSR count). The summed E-state index contributed by atoms with van der Waals surface area (Å²) >= 11 is 0. The van der Waals surface area contributed by atoms with Crippen LogP contribution in [-0.2, 0) is 18.1 Å². The minimum Gasteiger partial charge on any atom is -0.494 e. The molecule has 1 unspecified atom stereocenters. The number of alkyl halides is 7. The van der Waals surface area contributed by atoms with E-state index in [0.29, 0.717) is 17.7 Å². The maximum Gasteiger partial charge on any atom is 0.461 e. The minimum atomic E-state index is -5.03. The molecular formula is C31H22F9NO3. The summed E-state index contributed by atoms with van der Waals surface area (Å²) in [5.41, 5.74) is -3.65. The third-order valence-electron chi connectivity index (χ3n) is 6.61. The van der Waals surface area contributed by atoms with Crippen molar-refractivity contribution in [3.63, 3.8) is 0 Å². The predicted octanol–water partition coefficient (Wildman–Crippen LogP) is 8.15. The molecule has 1 N–H and O–H groups in total. The molecule has 0 bridgehead atoms. The molecule has 44 heavy (non-hydrogen) atoms. The molecule has 0 aliphatic rings. The summed E-state index contributed by atoms with van der Waals surface area (Å²) in [5, 5.41) is 2.58. The Balaban J connectivity index is 1.99. The second kappa shape index (κ2) is 12.5. The Morgan fingerprint density at radius 3 is 2.14 bits per heavy atom. The van der Waals surface area contributed by atoms with Crippen molar-refractivity contribution in [2.24, 2.45) is 0 Å². The van der Waals surface area contributed by atoms with Gasteiger partial charge in [-0.3, -0.25) is 4.79 Å². The van der Waals surface area contributed by atoms with Crippen molar-refractivity contribution >= 4 is 5.91 Å². The highest BCUT2D eigenvalue weighted by Gasteiger charge is 2.45. The molecule has 0 radical (unpaired) electrons. The number of rotatable bonds is 10. The molecule has 13 heteroatoms. The summed E-state index contributed by atoms with van der Waals surface area (Å²) in [6, 6.07) is 16.5. The summed E-state index contributed by atoms with van der Waals surface area (Å²) in [5.74, 6) is -4.63. The van der Waals surface area contributed by atoms with E-state index in [-0.39, 0.29) is 23.3 Å². The second-order valence-electron chi connectivity index (χ2n) is 9.59. The lowest BCUT2D eigenvalue weighted by Crippen LogP contribution is -2.49. The van der Waals surface area contributed by atoms with Crippen LogP contribution in [0, 0.1) is 11.6 Å². The smallest absolute Gasteiger partial charge is 0.461 e. The van der Waals surface area contributed by atoms with Gasteiger partial charge in [-0.25, -0.2) is 8.78 Å². The average molecular weight is 628 g/mol. The van der Waals surface area contributed by atoms with Crippen LogP contribution < -0.4 is 14.8 Å². The van der Waals surface area contributed by atoms with E-state index in [9.17, 15) is 39.9 Å². The molecule has 1 amide bonds. The Kier molecular flexibility index (Phi) is 9.17. The fraction of sp³-hybridized carbons (Fsp3) is 0.194. The molecule has 0 saturated carbocycles. The molecule has 0 saturated heterocycles. The van der Waals surface area contributed by atoms with Crippen LogP contribution in [0.1, 0.15) is 32.6 Å². The molecule has 0 fully saturated rings. The van der Waals surface area contributed by atoms with Gasteiger partial charge in [-0.2, -0.15) is 30.7 Å². The van der Waals surface area contributed by atoms with Gasteiger partial charge in [0, 0.05) is 18.1 Å². The summed E-state index contributed by atoms with van der Waals surface area (Å²) in [7, 11) is 1.13. The molecule has 4 aromatic carbocycles. The number of amides is 1. The molecule has 232 valence electrons. The number of ether oxygens (including phenoxy) is 2. The number of halogens is 9. The minimum absolute atomic E-state index is 0.0305. The first-order chi connectivity index (χ1) is 20.6. The summed E-state index contributed by atoms with van der Waals surface area (Å²) in [6.07, 6.45) is -14.5. The maximum absolute atomic E-state index is 15.0. The molecule has 0 spiro atoms. The first-order valence-corrected chi connectivity index (χ1v) is 12.7. The zero-order valence-corrected chi connectivity index (χ0v) is 22.6. The van der Waals surface area contributed by atoms with Crippen LogP contribution in [0.2, 0.25) is 0 Å². The molecule has 0 aliphatic heterocycles. The van der Waals surface area contributed by atoms with E-state index in [0.717, 1.165) is 55.6 Å². The van der Waals surface area contributed by atoms with Crippen molar-refractivity contribution in [1.82, 2.24) is 5.32 Å². The van der Waals surface area contributed by atoms with Crippen molar-refractivity contribution < 1.29 is 53.8 Å². The Labute approximate surface area is 245 Å². The van der Waals surface area contributed by atoms with Gasteiger partial charge in [0.1, 0.15) is 11.6 Å². The molecule has 1 atom stereocenters. The number of benzene rings is 4. The number of methoxy groups -OCH3 is 1. The van der Waals surface area contributed by atoms with Gasteiger partial charge in [0.2, 0.25) is 0 Å². The van der Waals surface area contributed by atoms with Crippen LogP contribution in [0.15, 0.2) is 91.0 Å². The average Bonchev–Trinajstić information content (AvgIpc) is 2.96. The van der Waals surface area contributed by atoms with E-state index in [1.54, 1.807) is 30.3 Å². The molecule has 0 aromatic heterocycles. The molecule has 4 nitrogen and oxygen atoms in total. The number of carbonyl (C=O) groups excluding carboxylic acids is 1. The third-order valence-corrected chi connectivity index (χ3v) is 6.61. The van der Waals surface area contributed by atoms with Crippen LogP contribution in [0.4, 0.5) is 39.5 Å². The van der Waals surface area contributed by atoms with Crippen molar-refractivity contribution in [2.45, 2.75) is 30.7 Å². The zero-order valence-electron chi connectivity index (χ0n) is 22.6. The summed E-state index contributed by atoms with van der Waals surface area (Å²) in [4.78, 5) is 13.7. The standard InChI is InChI=1S/C31H22F9NO3/c1-43-26-15-20(10-11-25(26)33)29(17-18-6-3-2-4-7-18,41-27(42)19-8-5-9-21(12-19)30(36,37)38)22-13-23(32)16-24(14-22)44-31(39,40)28(34)35/h2-16,28H,17H2,1H3,(H,41,42). The predicted molar refractivity (Wildman–Crippen MR) is 141 cm³/mol. The van der Waals surface area contributed by atoms with Crippen molar-refractivity contribution in [2.75, 3.05) is 7.11 Å². The van der Waals surface area contributed by atoms with Gasteiger partial charge in [-0.05, 0) is 59.2 Å². The lowest BCUT2D eigenvalue weighted by Gasteiger charge is -2.37.